The van der Waals surface area contributed by atoms with Crippen molar-refractivity contribution in [3.8, 4) is 0 Å². The minimum absolute atomic E-state index is 0.174. The van der Waals surface area contributed by atoms with E-state index >= 15 is 0 Å². The summed E-state index contributed by atoms with van der Waals surface area (Å²) >= 11 is 0. The fourth-order valence-corrected chi connectivity index (χ4v) is 3.14. The van der Waals surface area contributed by atoms with Gasteiger partial charge in [-0.05, 0) is 65.3 Å². The van der Waals surface area contributed by atoms with Gasteiger partial charge in [-0.3, -0.25) is 0 Å². The Balaban J connectivity index is 1.67. The van der Waals surface area contributed by atoms with E-state index in [1.165, 1.54) is 0 Å². The number of piperidine rings is 1. The SMILES string of the molecule is CC(C)(C)OC(=O)N1CCC(CN[C@@H]2CCC[C@@H]2O)CC1. The second kappa shape index (κ2) is 6.97. The van der Waals surface area contributed by atoms with E-state index in [2.05, 4.69) is 5.32 Å². The number of likely N-dealkylation sites (tertiary alicyclic amines) is 1. The summed E-state index contributed by atoms with van der Waals surface area (Å²) in [6.07, 6.45) is 4.78. The van der Waals surface area contributed by atoms with Crippen LogP contribution in [0.25, 0.3) is 0 Å². The molecular weight excluding hydrogens is 268 g/mol. The van der Waals surface area contributed by atoms with Gasteiger partial charge in [0, 0.05) is 19.1 Å². The van der Waals surface area contributed by atoms with Crippen LogP contribution in [-0.2, 0) is 4.74 Å². The summed E-state index contributed by atoms with van der Waals surface area (Å²) in [7, 11) is 0. The molecule has 21 heavy (non-hydrogen) atoms. The normalized spacial score (nSPS) is 27.9. The van der Waals surface area contributed by atoms with Crippen molar-refractivity contribution in [1.29, 1.82) is 0 Å². The van der Waals surface area contributed by atoms with Gasteiger partial charge in [-0.1, -0.05) is 0 Å². The molecule has 1 heterocycles. The number of ether oxygens (including phenoxy) is 1. The third-order valence-electron chi connectivity index (χ3n) is 4.41. The Morgan fingerprint density at radius 2 is 1.90 bits per heavy atom. The third-order valence-corrected chi connectivity index (χ3v) is 4.41. The van der Waals surface area contributed by atoms with Gasteiger partial charge in [-0.25, -0.2) is 4.79 Å². The maximum Gasteiger partial charge on any atom is 0.410 e. The molecule has 0 radical (unpaired) electrons. The first-order valence-electron chi connectivity index (χ1n) is 8.24. The van der Waals surface area contributed by atoms with Crippen LogP contribution in [0.15, 0.2) is 0 Å². The molecule has 1 saturated heterocycles. The van der Waals surface area contributed by atoms with Crippen LogP contribution >= 0.6 is 0 Å². The number of hydrogen-bond donors (Lipinski definition) is 2. The quantitative estimate of drug-likeness (QED) is 0.838. The van der Waals surface area contributed by atoms with Gasteiger partial charge in [0.1, 0.15) is 5.60 Å². The number of nitrogens with zero attached hydrogens (tertiary/aromatic N) is 1. The number of carbonyl (C=O) groups is 1. The number of amides is 1. The zero-order chi connectivity index (χ0) is 15.5. The highest BCUT2D eigenvalue weighted by atomic mass is 16.6. The summed E-state index contributed by atoms with van der Waals surface area (Å²) in [4.78, 5) is 13.8. The summed E-state index contributed by atoms with van der Waals surface area (Å²) in [5.74, 6) is 0.594. The third kappa shape index (κ3) is 5.15. The van der Waals surface area contributed by atoms with Crippen molar-refractivity contribution in [3.05, 3.63) is 0 Å². The standard InChI is InChI=1S/C16H30N2O3/c1-16(2,3)21-15(20)18-9-7-12(8-10-18)11-17-13-5-4-6-14(13)19/h12-14,17,19H,4-11H2,1-3H3/t13-,14+/m1/s1. The van der Waals surface area contributed by atoms with Crippen molar-refractivity contribution in [1.82, 2.24) is 10.2 Å². The van der Waals surface area contributed by atoms with Gasteiger partial charge >= 0.3 is 6.09 Å². The molecular formula is C16H30N2O3. The van der Waals surface area contributed by atoms with E-state index in [4.69, 9.17) is 4.74 Å². The number of nitrogens with one attached hydrogen (secondary N) is 1. The van der Waals surface area contributed by atoms with Crippen LogP contribution < -0.4 is 5.32 Å². The van der Waals surface area contributed by atoms with E-state index in [-0.39, 0.29) is 18.2 Å². The highest BCUT2D eigenvalue weighted by Crippen LogP contribution is 2.22. The summed E-state index contributed by atoms with van der Waals surface area (Å²) in [6.45, 7) is 8.18. The van der Waals surface area contributed by atoms with Gasteiger partial charge < -0.3 is 20.1 Å². The van der Waals surface area contributed by atoms with Crippen molar-refractivity contribution >= 4 is 6.09 Å². The molecule has 2 aliphatic rings. The van der Waals surface area contributed by atoms with E-state index < -0.39 is 5.60 Å². The number of aliphatic hydroxyl groups excluding tert-OH is 1. The van der Waals surface area contributed by atoms with Gasteiger partial charge in [0.05, 0.1) is 6.10 Å². The van der Waals surface area contributed by atoms with Crippen LogP contribution in [0.4, 0.5) is 4.79 Å². The minimum atomic E-state index is -0.423. The van der Waals surface area contributed by atoms with Crippen molar-refractivity contribution in [2.45, 2.75) is 70.6 Å². The molecule has 2 fully saturated rings. The summed E-state index contributed by atoms with van der Waals surface area (Å²) < 4.78 is 5.41. The maximum absolute atomic E-state index is 12.0. The number of hydrogen-bond acceptors (Lipinski definition) is 4. The van der Waals surface area contributed by atoms with Gasteiger partial charge in [0.25, 0.3) is 0 Å². The molecule has 2 atom stereocenters. The Labute approximate surface area is 128 Å². The molecule has 0 aromatic rings. The fraction of sp³-hybridized carbons (Fsp3) is 0.938. The van der Waals surface area contributed by atoms with Crippen molar-refractivity contribution in [2.24, 2.45) is 5.92 Å². The first-order valence-corrected chi connectivity index (χ1v) is 8.24. The molecule has 2 rings (SSSR count). The number of carbonyl (C=O) groups excluding carboxylic acids is 1. The second-order valence-electron chi connectivity index (χ2n) is 7.42. The van der Waals surface area contributed by atoms with E-state index in [1.807, 2.05) is 25.7 Å². The Morgan fingerprint density at radius 3 is 2.43 bits per heavy atom. The Kier molecular flexibility index (Phi) is 5.49. The van der Waals surface area contributed by atoms with Crippen molar-refractivity contribution in [3.63, 3.8) is 0 Å². The molecule has 0 aromatic carbocycles. The largest absolute Gasteiger partial charge is 0.444 e. The van der Waals surface area contributed by atoms with E-state index in [0.29, 0.717) is 5.92 Å². The van der Waals surface area contributed by atoms with Crippen molar-refractivity contribution < 1.29 is 14.6 Å². The van der Waals surface area contributed by atoms with Gasteiger partial charge in [0.2, 0.25) is 0 Å². The first kappa shape index (κ1) is 16.6. The molecule has 1 aliphatic carbocycles. The summed E-state index contributed by atoms with van der Waals surface area (Å²) in [5.41, 5.74) is -0.423. The average Bonchev–Trinajstić information content (AvgIpc) is 2.80. The molecule has 0 spiro atoms. The molecule has 5 nitrogen and oxygen atoms in total. The Bertz CT molecular complexity index is 346. The van der Waals surface area contributed by atoms with Gasteiger partial charge in [0.15, 0.2) is 0 Å². The lowest BCUT2D eigenvalue weighted by molar-refractivity contribution is 0.0182. The zero-order valence-electron chi connectivity index (χ0n) is 13.6. The van der Waals surface area contributed by atoms with E-state index in [1.54, 1.807) is 0 Å². The van der Waals surface area contributed by atoms with Crippen LogP contribution in [0.1, 0.15) is 52.9 Å². The maximum atomic E-state index is 12.0. The van der Waals surface area contributed by atoms with Crippen LogP contribution in [-0.4, -0.2) is 53.5 Å². The van der Waals surface area contributed by atoms with E-state index in [0.717, 1.165) is 51.7 Å². The number of rotatable bonds is 3. The predicted octanol–water partition coefficient (Wildman–Crippen LogP) is 2.14. The predicted molar refractivity (Wildman–Crippen MR) is 82.2 cm³/mol. The minimum Gasteiger partial charge on any atom is -0.444 e. The Hall–Kier alpha value is -0.810. The lowest BCUT2D eigenvalue weighted by Gasteiger charge is -2.34. The monoisotopic (exact) mass is 298 g/mol. The van der Waals surface area contributed by atoms with Crippen molar-refractivity contribution in [2.75, 3.05) is 19.6 Å². The molecule has 0 aromatic heterocycles. The smallest absolute Gasteiger partial charge is 0.410 e. The lowest BCUT2D eigenvalue weighted by Crippen LogP contribution is -2.45. The molecule has 0 bridgehead atoms. The molecule has 1 aliphatic heterocycles. The second-order valence-corrected chi connectivity index (χ2v) is 7.42. The Morgan fingerprint density at radius 1 is 1.24 bits per heavy atom. The molecule has 2 N–H and O–H groups in total. The summed E-state index contributed by atoms with van der Waals surface area (Å²) in [6, 6.07) is 0.272. The topological polar surface area (TPSA) is 61.8 Å². The highest BCUT2D eigenvalue weighted by molar-refractivity contribution is 5.68. The molecule has 122 valence electrons. The van der Waals surface area contributed by atoms with E-state index in [9.17, 15) is 9.90 Å². The molecule has 5 heteroatoms. The van der Waals surface area contributed by atoms with Crippen LogP contribution in [0.5, 0.6) is 0 Å². The fourth-order valence-electron chi connectivity index (χ4n) is 3.14. The first-order chi connectivity index (χ1) is 9.85. The van der Waals surface area contributed by atoms with Gasteiger partial charge in [-0.15, -0.1) is 0 Å². The van der Waals surface area contributed by atoms with Crippen LogP contribution in [0.3, 0.4) is 0 Å². The van der Waals surface area contributed by atoms with Crippen LogP contribution in [0.2, 0.25) is 0 Å². The average molecular weight is 298 g/mol. The van der Waals surface area contributed by atoms with Crippen LogP contribution in [0, 0.1) is 5.92 Å². The highest BCUT2D eigenvalue weighted by Gasteiger charge is 2.29. The zero-order valence-corrected chi connectivity index (χ0v) is 13.6. The molecule has 1 saturated carbocycles. The lowest BCUT2D eigenvalue weighted by atomic mass is 9.96. The summed E-state index contributed by atoms with van der Waals surface area (Å²) in [5, 5.41) is 13.3. The van der Waals surface area contributed by atoms with Gasteiger partial charge in [-0.2, -0.15) is 0 Å². The molecule has 1 amide bonds. The number of aliphatic hydroxyl groups is 1. The molecule has 0 unspecified atom stereocenters.